The van der Waals surface area contributed by atoms with E-state index in [-0.39, 0.29) is 11.1 Å². The van der Waals surface area contributed by atoms with Crippen molar-refractivity contribution in [1.29, 1.82) is 0 Å². The van der Waals surface area contributed by atoms with Crippen molar-refractivity contribution in [2.24, 2.45) is 0 Å². The van der Waals surface area contributed by atoms with Gasteiger partial charge in [0, 0.05) is 5.56 Å². The monoisotopic (exact) mass is 714 g/mol. The van der Waals surface area contributed by atoms with E-state index in [1.54, 1.807) is 48.5 Å². The van der Waals surface area contributed by atoms with Crippen LogP contribution in [0.2, 0.25) is 5.04 Å². The minimum atomic E-state index is -2.77. The predicted octanol–water partition coefficient (Wildman–Crippen LogP) is 9.55. The van der Waals surface area contributed by atoms with Crippen LogP contribution in [-0.4, -0.2) is 26.4 Å². The number of fused-ring (bicyclic) bond motifs is 5. The van der Waals surface area contributed by atoms with Gasteiger partial charge in [-0.3, -0.25) is 0 Å². The summed E-state index contributed by atoms with van der Waals surface area (Å²) in [4.78, 5) is 26.7. The molecule has 0 saturated carbocycles. The van der Waals surface area contributed by atoms with Gasteiger partial charge in [-0.05, 0) is 86.1 Å². The van der Waals surface area contributed by atoms with E-state index in [1.807, 2.05) is 30.4 Å². The van der Waals surface area contributed by atoms with E-state index in [1.165, 1.54) is 21.5 Å². The summed E-state index contributed by atoms with van der Waals surface area (Å²) in [6.07, 6.45) is 3.92. The van der Waals surface area contributed by atoms with E-state index in [9.17, 15) is 9.59 Å². The molecule has 2 aliphatic carbocycles. The first-order chi connectivity index (χ1) is 25.7. The van der Waals surface area contributed by atoms with Crippen LogP contribution in [0.5, 0.6) is 0 Å². The summed E-state index contributed by atoms with van der Waals surface area (Å²) in [5.41, 5.74) is 5.14. The third-order valence-electron chi connectivity index (χ3n) is 10.7. The number of carbonyl (C=O) groups is 2. The smallest absolute Gasteiger partial charge is 0.338 e. The fourth-order valence-corrected chi connectivity index (χ4v) is 12.9. The summed E-state index contributed by atoms with van der Waals surface area (Å²) in [7, 11) is -2.77. The highest BCUT2D eigenvalue weighted by Gasteiger charge is 2.52. The van der Waals surface area contributed by atoms with Crippen molar-refractivity contribution in [3.8, 4) is 0 Å². The molecule has 2 aliphatic rings. The van der Waals surface area contributed by atoms with Crippen molar-refractivity contribution in [1.82, 2.24) is 0 Å². The molecule has 0 N–H and O–H groups in total. The molecule has 0 bridgehead atoms. The molecule has 0 fully saturated rings. The minimum absolute atomic E-state index is 0.0615. The van der Waals surface area contributed by atoms with Crippen molar-refractivity contribution in [2.75, 3.05) is 0 Å². The zero-order valence-electron chi connectivity index (χ0n) is 30.2. The molecule has 0 spiro atoms. The van der Waals surface area contributed by atoms with Gasteiger partial charge in [0.05, 0.1) is 17.2 Å². The first kappa shape index (κ1) is 34.5. The Kier molecular flexibility index (Phi) is 9.19. The third-order valence-corrected chi connectivity index (χ3v) is 15.8. The first-order valence-electron chi connectivity index (χ1n) is 18.3. The van der Waals surface area contributed by atoms with Gasteiger partial charge >= 0.3 is 11.9 Å². The maximum Gasteiger partial charge on any atom is 0.338 e. The maximum atomic E-state index is 13.5. The Morgan fingerprint density at radius 2 is 1.11 bits per heavy atom. The van der Waals surface area contributed by atoms with E-state index in [0.29, 0.717) is 11.1 Å². The second kappa shape index (κ2) is 14.1. The van der Waals surface area contributed by atoms with Gasteiger partial charge in [0.1, 0.15) is 0 Å². The maximum absolute atomic E-state index is 13.5. The van der Waals surface area contributed by atoms with Crippen LogP contribution >= 0.6 is 0 Å². The highest BCUT2D eigenvalue weighted by molar-refractivity contribution is 6.99. The topological polar surface area (TPSA) is 61.8 Å². The lowest BCUT2D eigenvalue weighted by Crippen LogP contribution is -2.66. The molecule has 1 unspecified atom stereocenters. The zero-order valence-corrected chi connectivity index (χ0v) is 31.2. The van der Waals surface area contributed by atoms with Gasteiger partial charge in [-0.2, -0.15) is 0 Å². The molecule has 5 nitrogen and oxygen atoms in total. The standard InChI is InChI=1S/C47H42O5Si/c1-47(2,3)53(34-20-12-6-13-21-34,35-22-14-7-15-23-35)52-42-30-28-38-36-25-27-41-39(37(36)24-26-40(38)42)29-31-43(50-45(48)32-16-8-4-9-17-32)44(41)51-46(49)33-18-10-5-11-19-33/h4-27,29,31,42-44H,28,30H2,1-3H3/t42?,43-,44-/m1/s1. The third kappa shape index (κ3) is 6.32. The zero-order chi connectivity index (χ0) is 36.6. The number of hydrogen-bond donors (Lipinski definition) is 0. The van der Waals surface area contributed by atoms with Crippen LogP contribution in [0.3, 0.4) is 0 Å². The molecule has 8 rings (SSSR count). The normalized spacial score (nSPS) is 17.9. The van der Waals surface area contributed by atoms with Gasteiger partial charge in [0.25, 0.3) is 8.32 Å². The molecule has 0 aliphatic heterocycles. The van der Waals surface area contributed by atoms with Gasteiger partial charge in [0.15, 0.2) is 12.2 Å². The van der Waals surface area contributed by atoms with Gasteiger partial charge in [-0.25, -0.2) is 9.59 Å². The van der Waals surface area contributed by atoms with Crippen molar-refractivity contribution >= 4 is 47.5 Å². The van der Waals surface area contributed by atoms with Crippen LogP contribution < -0.4 is 10.4 Å². The SMILES string of the molecule is CC(C)(C)[Si](OC1CCc2c1ccc1c3c(ccc21)[C@@H](OC(=O)c1ccccc1)[C@H](OC(=O)c1ccccc1)C=C3)(c1ccccc1)c1ccccc1. The number of benzene rings is 6. The highest BCUT2D eigenvalue weighted by Crippen LogP contribution is 2.47. The molecule has 53 heavy (non-hydrogen) atoms. The molecule has 0 aromatic heterocycles. The molecular weight excluding hydrogens is 673 g/mol. The Labute approximate surface area is 312 Å². The van der Waals surface area contributed by atoms with Crippen LogP contribution in [-0.2, 0) is 20.3 Å². The van der Waals surface area contributed by atoms with Crippen LogP contribution in [0.4, 0.5) is 0 Å². The van der Waals surface area contributed by atoms with E-state index in [4.69, 9.17) is 13.9 Å². The number of carbonyl (C=O) groups excluding carboxylic acids is 2. The Balaban J connectivity index is 1.18. The first-order valence-corrected chi connectivity index (χ1v) is 20.2. The predicted molar refractivity (Wildman–Crippen MR) is 213 cm³/mol. The van der Waals surface area contributed by atoms with Crippen molar-refractivity contribution in [3.63, 3.8) is 0 Å². The molecular formula is C47H42O5Si. The van der Waals surface area contributed by atoms with Gasteiger partial charge in [-0.1, -0.05) is 148 Å². The van der Waals surface area contributed by atoms with Crippen LogP contribution in [0.25, 0.3) is 16.8 Å². The Morgan fingerprint density at radius 3 is 1.68 bits per heavy atom. The summed E-state index contributed by atoms with van der Waals surface area (Å²) in [5, 5.41) is 4.63. The molecule has 0 saturated heterocycles. The summed E-state index contributed by atoms with van der Waals surface area (Å²) in [6, 6.07) is 48.0. The lowest BCUT2D eigenvalue weighted by Gasteiger charge is -2.44. The van der Waals surface area contributed by atoms with E-state index in [0.717, 1.165) is 34.7 Å². The highest BCUT2D eigenvalue weighted by atomic mass is 28.4. The molecule has 6 aromatic carbocycles. The lowest BCUT2D eigenvalue weighted by atomic mass is 9.87. The Hall–Kier alpha value is -5.56. The second-order valence-electron chi connectivity index (χ2n) is 14.9. The van der Waals surface area contributed by atoms with Crippen LogP contribution in [0, 0.1) is 0 Å². The lowest BCUT2D eigenvalue weighted by molar-refractivity contribution is -0.0228. The van der Waals surface area contributed by atoms with E-state index < -0.39 is 32.5 Å². The minimum Gasteiger partial charge on any atom is -0.450 e. The Bertz CT molecular complexity index is 2260. The van der Waals surface area contributed by atoms with Crippen molar-refractivity contribution in [2.45, 2.75) is 57.0 Å². The average Bonchev–Trinajstić information content (AvgIpc) is 3.61. The quantitative estimate of drug-likeness (QED) is 0.116. The number of rotatable bonds is 8. The summed E-state index contributed by atoms with van der Waals surface area (Å²) >= 11 is 0. The fourth-order valence-electron chi connectivity index (χ4n) is 8.22. The molecule has 6 aromatic rings. The van der Waals surface area contributed by atoms with Gasteiger partial charge < -0.3 is 13.9 Å². The number of esters is 2. The number of aryl methyl sites for hydroxylation is 1. The molecule has 0 amide bonds. The molecule has 0 radical (unpaired) electrons. The van der Waals surface area contributed by atoms with Crippen LogP contribution in [0.15, 0.2) is 152 Å². The molecule has 0 heterocycles. The molecule has 264 valence electrons. The molecule has 6 heteroatoms. The number of hydrogen-bond acceptors (Lipinski definition) is 5. The summed E-state index contributed by atoms with van der Waals surface area (Å²) in [6.45, 7) is 6.96. The van der Waals surface area contributed by atoms with Crippen molar-refractivity contribution < 1.29 is 23.5 Å². The van der Waals surface area contributed by atoms with E-state index in [2.05, 4.69) is 99.6 Å². The fraction of sp³-hybridized carbons (Fsp3) is 0.191. The second-order valence-corrected chi connectivity index (χ2v) is 19.1. The van der Waals surface area contributed by atoms with Crippen molar-refractivity contribution in [3.05, 3.63) is 185 Å². The largest absolute Gasteiger partial charge is 0.450 e. The van der Waals surface area contributed by atoms with Gasteiger partial charge in [0.2, 0.25) is 0 Å². The molecule has 3 atom stereocenters. The summed E-state index contributed by atoms with van der Waals surface area (Å²) < 4.78 is 19.8. The van der Waals surface area contributed by atoms with Gasteiger partial charge in [-0.15, -0.1) is 0 Å². The average molecular weight is 715 g/mol. The van der Waals surface area contributed by atoms with E-state index >= 15 is 0 Å². The summed E-state index contributed by atoms with van der Waals surface area (Å²) in [5.74, 6) is -0.954. The van der Waals surface area contributed by atoms with Crippen LogP contribution in [0.1, 0.15) is 82.4 Å². The number of ether oxygens (including phenoxy) is 2. The Morgan fingerprint density at radius 1 is 0.604 bits per heavy atom.